The summed E-state index contributed by atoms with van der Waals surface area (Å²) in [7, 11) is 0. The molecule has 0 aliphatic heterocycles. The Morgan fingerprint density at radius 3 is 2.37 bits per heavy atom. The molecule has 96 valence electrons. The number of nitrogens with one attached hydrogen (secondary N) is 1. The summed E-state index contributed by atoms with van der Waals surface area (Å²) in [5, 5.41) is 13.1. The van der Waals surface area contributed by atoms with E-state index < -0.39 is 6.04 Å². The van der Waals surface area contributed by atoms with E-state index in [1.165, 1.54) is 0 Å². The summed E-state index contributed by atoms with van der Waals surface area (Å²) in [6.45, 7) is 0. The second-order valence-electron chi connectivity index (χ2n) is 3.88. The molecule has 0 radical (unpaired) electrons. The first-order valence-electron chi connectivity index (χ1n) is 5.47. The number of halogens is 3. The summed E-state index contributed by atoms with van der Waals surface area (Å²) >= 11 is 12.7. The Hall–Kier alpha value is -1.02. The largest absolute Gasteiger partial charge is 0.366 e. The van der Waals surface area contributed by atoms with Crippen LogP contribution >= 0.6 is 43.5 Å². The second kappa shape index (κ2) is 6.42. The monoisotopic (exact) mass is 398 g/mol. The van der Waals surface area contributed by atoms with E-state index in [0.717, 1.165) is 20.2 Å². The van der Waals surface area contributed by atoms with E-state index in [0.29, 0.717) is 5.02 Å². The zero-order valence-electron chi connectivity index (χ0n) is 9.70. The van der Waals surface area contributed by atoms with E-state index in [9.17, 15) is 5.26 Å². The molecule has 0 spiro atoms. The average molecular weight is 401 g/mol. The highest BCUT2D eigenvalue weighted by molar-refractivity contribution is 9.10. The molecule has 0 saturated heterocycles. The van der Waals surface area contributed by atoms with Gasteiger partial charge in [0.15, 0.2) is 0 Å². The molecule has 19 heavy (non-hydrogen) atoms. The van der Waals surface area contributed by atoms with Crippen LogP contribution in [0.2, 0.25) is 5.02 Å². The van der Waals surface area contributed by atoms with Crippen LogP contribution in [0, 0.1) is 11.3 Å². The number of nitrogens with zero attached hydrogens (tertiary/aromatic N) is 1. The van der Waals surface area contributed by atoms with Crippen LogP contribution in [0.15, 0.2) is 51.4 Å². The first kappa shape index (κ1) is 14.4. The lowest BCUT2D eigenvalue weighted by atomic mass is 10.1. The zero-order valence-corrected chi connectivity index (χ0v) is 13.6. The SMILES string of the molecule is N#CC(Nc1ccc(Br)cc1)c1ccc(Cl)cc1Br. The molecule has 0 fully saturated rings. The summed E-state index contributed by atoms with van der Waals surface area (Å²) < 4.78 is 1.82. The Balaban J connectivity index is 2.25. The van der Waals surface area contributed by atoms with Gasteiger partial charge < -0.3 is 5.32 Å². The molecule has 2 aromatic carbocycles. The van der Waals surface area contributed by atoms with E-state index in [2.05, 4.69) is 43.2 Å². The van der Waals surface area contributed by atoms with Crippen molar-refractivity contribution in [3.63, 3.8) is 0 Å². The van der Waals surface area contributed by atoms with Gasteiger partial charge in [-0.3, -0.25) is 0 Å². The quantitative estimate of drug-likeness (QED) is 0.734. The molecule has 0 aliphatic rings. The van der Waals surface area contributed by atoms with Crippen LogP contribution in [0.3, 0.4) is 0 Å². The molecule has 1 atom stereocenters. The molecular weight excluding hydrogens is 391 g/mol. The van der Waals surface area contributed by atoms with Crippen molar-refractivity contribution >= 4 is 49.1 Å². The van der Waals surface area contributed by atoms with E-state index >= 15 is 0 Å². The summed E-state index contributed by atoms with van der Waals surface area (Å²) in [4.78, 5) is 0. The Morgan fingerprint density at radius 2 is 1.79 bits per heavy atom. The standard InChI is InChI=1S/C14H9Br2ClN2/c15-9-1-4-11(5-2-9)19-14(8-18)12-6-3-10(17)7-13(12)16/h1-7,14,19H. The number of hydrogen-bond donors (Lipinski definition) is 1. The maximum absolute atomic E-state index is 9.31. The van der Waals surface area contributed by atoms with Crippen molar-refractivity contribution in [2.24, 2.45) is 0 Å². The van der Waals surface area contributed by atoms with Crippen LogP contribution in [-0.2, 0) is 0 Å². The third kappa shape index (κ3) is 3.73. The Bertz CT molecular complexity index is 620. The molecule has 2 rings (SSSR count). The normalized spacial score (nSPS) is 11.7. The predicted octanol–water partition coefficient (Wildman–Crippen LogP) is 5.54. The van der Waals surface area contributed by atoms with Crippen LogP contribution < -0.4 is 5.32 Å². The molecule has 0 bridgehead atoms. The van der Waals surface area contributed by atoms with Crippen molar-refractivity contribution in [1.82, 2.24) is 0 Å². The summed E-state index contributed by atoms with van der Waals surface area (Å²) in [6, 6.07) is 14.9. The molecule has 0 aromatic heterocycles. The van der Waals surface area contributed by atoms with Crippen molar-refractivity contribution in [2.45, 2.75) is 6.04 Å². The van der Waals surface area contributed by atoms with E-state index in [1.54, 1.807) is 12.1 Å². The van der Waals surface area contributed by atoms with Gasteiger partial charge in [-0.15, -0.1) is 0 Å². The fourth-order valence-electron chi connectivity index (χ4n) is 1.63. The first-order chi connectivity index (χ1) is 9.10. The van der Waals surface area contributed by atoms with Crippen LogP contribution in [0.5, 0.6) is 0 Å². The van der Waals surface area contributed by atoms with Crippen LogP contribution in [-0.4, -0.2) is 0 Å². The minimum atomic E-state index is -0.437. The zero-order chi connectivity index (χ0) is 13.8. The highest BCUT2D eigenvalue weighted by Gasteiger charge is 2.13. The van der Waals surface area contributed by atoms with Crippen molar-refractivity contribution < 1.29 is 0 Å². The summed E-state index contributed by atoms with van der Waals surface area (Å²) in [6.07, 6.45) is 0. The fraction of sp³-hybridized carbons (Fsp3) is 0.0714. The number of hydrogen-bond acceptors (Lipinski definition) is 2. The lowest BCUT2D eigenvalue weighted by Gasteiger charge is -2.15. The van der Waals surface area contributed by atoms with Gasteiger partial charge in [0, 0.05) is 25.2 Å². The van der Waals surface area contributed by atoms with Gasteiger partial charge in [-0.2, -0.15) is 5.26 Å². The van der Waals surface area contributed by atoms with Crippen LogP contribution in [0.4, 0.5) is 5.69 Å². The third-order valence-corrected chi connectivity index (χ3v) is 4.01. The van der Waals surface area contributed by atoms with E-state index in [1.807, 2.05) is 30.3 Å². The van der Waals surface area contributed by atoms with Crippen molar-refractivity contribution in [2.75, 3.05) is 5.32 Å². The predicted molar refractivity (Wildman–Crippen MR) is 85.3 cm³/mol. The first-order valence-corrected chi connectivity index (χ1v) is 7.43. The highest BCUT2D eigenvalue weighted by Crippen LogP contribution is 2.29. The molecule has 2 nitrogen and oxygen atoms in total. The molecule has 1 N–H and O–H groups in total. The van der Waals surface area contributed by atoms with Gasteiger partial charge >= 0.3 is 0 Å². The molecule has 0 saturated carbocycles. The van der Waals surface area contributed by atoms with Gasteiger partial charge in [-0.1, -0.05) is 49.5 Å². The molecule has 2 aromatic rings. The minimum absolute atomic E-state index is 0.437. The smallest absolute Gasteiger partial charge is 0.141 e. The van der Waals surface area contributed by atoms with Gasteiger partial charge in [0.25, 0.3) is 0 Å². The lowest BCUT2D eigenvalue weighted by Crippen LogP contribution is -2.09. The number of rotatable bonds is 3. The maximum atomic E-state index is 9.31. The van der Waals surface area contributed by atoms with Crippen LogP contribution in [0.25, 0.3) is 0 Å². The molecule has 0 amide bonds. The minimum Gasteiger partial charge on any atom is -0.366 e. The van der Waals surface area contributed by atoms with Crippen LogP contribution in [0.1, 0.15) is 11.6 Å². The Kier molecular flexibility index (Phi) is 4.87. The van der Waals surface area contributed by atoms with Gasteiger partial charge in [0.05, 0.1) is 6.07 Å². The van der Waals surface area contributed by atoms with Gasteiger partial charge in [0.1, 0.15) is 6.04 Å². The van der Waals surface area contributed by atoms with Crippen molar-refractivity contribution in [1.29, 1.82) is 5.26 Å². The Labute approximate surface area is 133 Å². The number of anilines is 1. The third-order valence-electron chi connectivity index (χ3n) is 2.56. The maximum Gasteiger partial charge on any atom is 0.141 e. The van der Waals surface area contributed by atoms with Gasteiger partial charge in [0.2, 0.25) is 0 Å². The Morgan fingerprint density at radius 1 is 1.11 bits per heavy atom. The van der Waals surface area contributed by atoms with Crippen molar-refractivity contribution in [3.8, 4) is 6.07 Å². The summed E-state index contributed by atoms with van der Waals surface area (Å²) in [5.74, 6) is 0. The number of nitriles is 1. The summed E-state index contributed by atoms with van der Waals surface area (Å²) in [5.41, 5.74) is 1.74. The topological polar surface area (TPSA) is 35.8 Å². The van der Waals surface area contributed by atoms with E-state index in [4.69, 9.17) is 11.6 Å². The van der Waals surface area contributed by atoms with E-state index in [-0.39, 0.29) is 0 Å². The second-order valence-corrected chi connectivity index (χ2v) is 6.09. The molecule has 5 heteroatoms. The highest BCUT2D eigenvalue weighted by atomic mass is 79.9. The molecular formula is C14H9Br2ClN2. The van der Waals surface area contributed by atoms with Crippen molar-refractivity contribution in [3.05, 3.63) is 62.0 Å². The molecule has 0 heterocycles. The van der Waals surface area contributed by atoms with Gasteiger partial charge in [-0.05, 0) is 36.4 Å². The molecule has 1 unspecified atom stereocenters. The number of benzene rings is 2. The molecule has 0 aliphatic carbocycles. The van der Waals surface area contributed by atoms with Gasteiger partial charge in [-0.25, -0.2) is 0 Å². The lowest BCUT2D eigenvalue weighted by molar-refractivity contribution is 0.990. The average Bonchev–Trinajstić information content (AvgIpc) is 2.39. The fourth-order valence-corrected chi connectivity index (χ4v) is 2.80.